The molecule has 6 nitrogen and oxygen atoms in total. The zero-order chi connectivity index (χ0) is 27.1. The third-order valence-corrected chi connectivity index (χ3v) is 5.69. The summed E-state index contributed by atoms with van der Waals surface area (Å²) >= 11 is 5.60. The number of nitrogens with zero attached hydrogens (tertiary/aromatic N) is 3. The van der Waals surface area contributed by atoms with Crippen LogP contribution in [0, 0.1) is 17.6 Å². The van der Waals surface area contributed by atoms with E-state index in [-0.39, 0.29) is 27.9 Å². The van der Waals surface area contributed by atoms with Gasteiger partial charge in [0.05, 0.1) is 16.8 Å². The second-order valence-corrected chi connectivity index (χ2v) is 8.11. The fraction of sp³-hybridized carbons (Fsp3) is 0.273. The van der Waals surface area contributed by atoms with Gasteiger partial charge in [0, 0.05) is 11.9 Å². The lowest BCUT2D eigenvalue weighted by Crippen LogP contribution is -2.59. The summed E-state index contributed by atoms with van der Waals surface area (Å²) in [6.07, 6.45) is -10.9. The number of hydrogen-bond acceptors (Lipinski definition) is 4. The Hall–Kier alpha value is -3.48. The Morgan fingerprint density at radius 3 is 2.28 bits per heavy atom. The molecule has 1 N–H and O–H groups in total. The van der Waals surface area contributed by atoms with Crippen LogP contribution in [0.1, 0.15) is 34.0 Å². The number of nitrogens with one attached hydrogen (secondary N) is 1. The van der Waals surface area contributed by atoms with Crippen LogP contribution in [0.3, 0.4) is 0 Å². The molecule has 0 fully saturated rings. The minimum Gasteiger partial charge on any atom is -0.321 e. The molecule has 0 atom stereocenters. The van der Waals surface area contributed by atoms with Crippen LogP contribution in [-0.4, -0.2) is 28.0 Å². The van der Waals surface area contributed by atoms with E-state index in [1.54, 1.807) is 0 Å². The Morgan fingerprint density at radius 2 is 1.78 bits per heavy atom. The van der Waals surface area contributed by atoms with Gasteiger partial charge in [-0.15, -0.1) is 4.91 Å². The van der Waals surface area contributed by atoms with E-state index in [0.29, 0.717) is 24.5 Å². The first-order valence-electron chi connectivity index (χ1n) is 10.1. The van der Waals surface area contributed by atoms with Crippen LogP contribution < -0.4 is 5.32 Å². The first kappa shape index (κ1) is 27.1. The first-order valence-corrected chi connectivity index (χ1v) is 10.5. The van der Waals surface area contributed by atoms with Gasteiger partial charge in [0.2, 0.25) is 0 Å². The molecular weight excluding hydrogens is 521 g/mol. The number of hydrogen-bond donors (Lipinski definition) is 1. The van der Waals surface area contributed by atoms with E-state index in [1.807, 2.05) is 0 Å². The summed E-state index contributed by atoms with van der Waals surface area (Å²) in [7, 11) is 0. The summed E-state index contributed by atoms with van der Waals surface area (Å²) in [5.41, 5.74) is -7.44. The Labute approximate surface area is 204 Å². The van der Waals surface area contributed by atoms with Gasteiger partial charge in [-0.05, 0) is 47.3 Å². The number of nitroso groups, excluding NO2 is 1. The van der Waals surface area contributed by atoms with E-state index < -0.39 is 51.5 Å². The molecule has 36 heavy (non-hydrogen) atoms. The number of alkyl halides is 6. The van der Waals surface area contributed by atoms with Gasteiger partial charge >= 0.3 is 12.4 Å². The third kappa shape index (κ3) is 4.43. The largest absolute Gasteiger partial charge is 0.426 e. The predicted molar refractivity (Wildman–Crippen MR) is 117 cm³/mol. The van der Waals surface area contributed by atoms with Gasteiger partial charge in [-0.2, -0.15) is 31.4 Å². The molecular formula is C22H16ClF7N4O2. The van der Waals surface area contributed by atoms with Crippen LogP contribution in [0.2, 0.25) is 5.02 Å². The first-order chi connectivity index (χ1) is 16.7. The van der Waals surface area contributed by atoms with E-state index in [4.69, 9.17) is 11.6 Å². The van der Waals surface area contributed by atoms with Gasteiger partial charge in [0.1, 0.15) is 5.69 Å². The minimum absolute atomic E-state index is 0.0976. The maximum atomic E-state index is 14.4. The molecule has 1 aromatic heterocycles. The number of benzene rings is 2. The van der Waals surface area contributed by atoms with Gasteiger partial charge in [0.25, 0.3) is 11.4 Å². The quantitative estimate of drug-likeness (QED) is 0.270. The molecule has 192 valence electrons. The number of aryl methyl sites for hydroxylation is 2. The van der Waals surface area contributed by atoms with Crippen LogP contribution in [0.4, 0.5) is 42.1 Å². The summed E-state index contributed by atoms with van der Waals surface area (Å²) in [4.78, 5) is 23.4. The number of carbonyl (C=O) groups is 1. The number of anilines is 1. The normalized spacial score (nSPS) is 12.5. The van der Waals surface area contributed by atoms with Crippen molar-refractivity contribution >= 4 is 28.9 Å². The molecule has 0 spiro atoms. The molecule has 3 aromatic rings. The van der Waals surface area contributed by atoms with Gasteiger partial charge < -0.3 is 5.32 Å². The van der Waals surface area contributed by atoms with Crippen molar-refractivity contribution < 1.29 is 35.5 Å². The molecule has 0 saturated carbocycles. The molecule has 0 saturated heterocycles. The van der Waals surface area contributed by atoms with Crippen LogP contribution in [-0.2, 0) is 12.0 Å². The average molecular weight is 537 g/mol. The van der Waals surface area contributed by atoms with Crippen molar-refractivity contribution in [2.45, 2.75) is 38.2 Å². The molecule has 0 bridgehead atoms. The van der Waals surface area contributed by atoms with Crippen LogP contribution in [0.25, 0.3) is 0 Å². The summed E-state index contributed by atoms with van der Waals surface area (Å²) in [5, 5.41) is 7.53. The Morgan fingerprint density at radius 1 is 1.14 bits per heavy atom. The summed E-state index contributed by atoms with van der Waals surface area (Å²) in [6, 6.07) is 4.51. The molecule has 0 radical (unpaired) electrons. The lowest BCUT2D eigenvalue weighted by molar-refractivity contribution is -0.316. The van der Waals surface area contributed by atoms with E-state index in [1.165, 1.54) is 19.9 Å². The van der Waals surface area contributed by atoms with E-state index in [0.717, 1.165) is 12.1 Å². The third-order valence-electron chi connectivity index (χ3n) is 5.49. The van der Waals surface area contributed by atoms with Crippen molar-refractivity contribution in [3.63, 3.8) is 0 Å². The molecule has 1 heterocycles. The molecule has 1 amide bonds. The highest BCUT2D eigenvalue weighted by atomic mass is 35.5. The van der Waals surface area contributed by atoms with Crippen LogP contribution in [0.5, 0.6) is 0 Å². The highest BCUT2D eigenvalue weighted by Crippen LogP contribution is 2.53. The van der Waals surface area contributed by atoms with Crippen molar-refractivity contribution in [1.29, 1.82) is 0 Å². The topological polar surface area (TPSA) is 76.3 Å². The van der Waals surface area contributed by atoms with Crippen molar-refractivity contribution in [3.8, 4) is 0 Å². The molecule has 0 aliphatic heterocycles. The van der Waals surface area contributed by atoms with Gasteiger partial charge in [-0.3, -0.25) is 4.79 Å². The van der Waals surface area contributed by atoms with Gasteiger partial charge in [0.15, 0.2) is 5.82 Å². The van der Waals surface area contributed by atoms with Crippen molar-refractivity contribution in [2.24, 2.45) is 5.18 Å². The highest BCUT2D eigenvalue weighted by molar-refractivity contribution is 6.30. The van der Waals surface area contributed by atoms with E-state index >= 15 is 0 Å². The standard InChI is InChI=1S/C22H16ClF7N4O2/c1-3-12-8-13(20(21(25,26)27,22(28,29)30)34-10-14(23)9-31-34)7-11(2)18(12)32-19(35)15-5-4-6-16(33-36)17(15)24/h4-10H,3H2,1-2H3,(H,32,35). The highest BCUT2D eigenvalue weighted by Gasteiger charge is 2.74. The van der Waals surface area contributed by atoms with Crippen molar-refractivity contribution in [3.05, 3.63) is 80.7 Å². The molecule has 0 aliphatic rings. The fourth-order valence-electron chi connectivity index (χ4n) is 3.84. The smallest absolute Gasteiger partial charge is 0.321 e. The number of amides is 1. The second-order valence-electron chi connectivity index (χ2n) is 7.67. The maximum Gasteiger partial charge on any atom is 0.426 e. The number of aromatic nitrogens is 2. The van der Waals surface area contributed by atoms with Gasteiger partial charge in [-0.1, -0.05) is 36.7 Å². The van der Waals surface area contributed by atoms with Crippen LogP contribution in [0.15, 0.2) is 47.9 Å². The lowest BCUT2D eigenvalue weighted by atomic mass is 9.85. The number of carbonyl (C=O) groups excluding carboxylic acids is 1. The maximum absolute atomic E-state index is 14.4. The van der Waals surface area contributed by atoms with E-state index in [2.05, 4.69) is 15.6 Å². The van der Waals surface area contributed by atoms with Crippen LogP contribution >= 0.6 is 11.6 Å². The molecule has 0 aliphatic carbocycles. The SMILES string of the molecule is CCc1cc(C(n2cc(Cl)cn2)(C(F)(F)F)C(F)(F)F)cc(C)c1NC(=O)c1cccc(N=O)c1F. The summed E-state index contributed by atoms with van der Waals surface area (Å²) in [5.74, 6) is -2.32. The summed E-state index contributed by atoms with van der Waals surface area (Å²) < 4.78 is 99.8. The average Bonchev–Trinajstić information content (AvgIpc) is 3.19. The number of rotatable bonds is 6. The Balaban J connectivity index is 2.22. The van der Waals surface area contributed by atoms with Crippen molar-refractivity contribution in [1.82, 2.24) is 9.78 Å². The van der Waals surface area contributed by atoms with E-state index in [9.17, 15) is 40.4 Å². The number of halogens is 8. The summed E-state index contributed by atoms with van der Waals surface area (Å²) in [6.45, 7) is 2.63. The monoisotopic (exact) mass is 536 g/mol. The lowest BCUT2D eigenvalue weighted by Gasteiger charge is -2.38. The zero-order valence-corrected chi connectivity index (χ0v) is 19.2. The second kappa shape index (κ2) is 9.52. The van der Waals surface area contributed by atoms with Crippen molar-refractivity contribution in [2.75, 3.05) is 5.32 Å². The van der Waals surface area contributed by atoms with Gasteiger partial charge in [-0.25, -0.2) is 9.07 Å². The Bertz CT molecular complexity index is 1300. The fourth-order valence-corrected chi connectivity index (χ4v) is 3.97. The predicted octanol–water partition coefficient (Wildman–Crippen LogP) is 7.06. The molecule has 0 unspecified atom stereocenters. The Kier molecular flexibility index (Phi) is 7.17. The molecule has 2 aromatic carbocycles. The zero-order valence-electron chi connectivity index (χ0n) is 18.4. The molecule has 3 rings (SSSR count). The minimum atomic E-state index is -5.91. The molecule has 14 heteroatoms.